The number of piperidine rings is 1. The molecule has 1 aromatic rings. The molecule has 3 nitrogen and oxygen atoms in total. The maximum Gasteiger partial charge on any atom is 0.220 e. The summed E-state index contributed by atoms with van der Waals surface area (Å²) in [6.45, 7) is 0. The highest BCUT2D eigenvalue weighted by molar-refractivity contribution is 5.77. The topological polar surface area (TPSA) is 38.3 Å². The first-order valence-electron chi connectivity index (χ1n) is 5.74. The van der Waals surface area contributed by atoms with Crippen molar-refractivity contribution in [2.75, 3.05) is 7.11 Å². The summed E-state index contributed by atoms with van der Waals surface area (Å²) in [4.78, 5) is 11.4. The number of carbonyl (C=O) groups excluding carboxylic acids is 1. The number of amides is 1. The molecule has 16 heavy (non-hydrogen) atoms. The molecular formula is C13H15NO2. The number of nitrogens with one attached hydrogen (secondary N) is 1. The number of methoxy groups -OCH3 is 1. The molecule has 0 saturated carbocycles. The van der Waals surface area contributed by atoms with Crippen LogP contribution in [0.2, 0.25) is 0 Å². The lowest BCUT2D eigenvalue weighted by Crippen LogP contribution is -2.36. The van der Waals surface area contributed by atoms with Crippen molar-refractivity contribution in [1.82, 2.24) is 5.32 Å². The molecule has 84 valence electrons. The molecule has 1 aliphatic carbocycles. The second kappa shape index (κ2) is 3.51. The van der Waals surface area contributed by atoms with Gasteiger partial charge in [0.2, 0.25) is 5.91 Å². The van der Waals surface area contributed by atoms with E-state index in [-0.39, 0.29) is 11.9 Å². The van der Waals surface area contributed by atoms with Crippen molar-refractivity contribution in [1.29, 1.82) is 0 Å². The van der Waals surface area contributed by atoms with Gasteiger partial charge in [0.15, 0.2) is 0 Å². The molecule has 3 heteroatoms. The predicted molar refractivity (Wildman–Crippen MR) is 60.3 cm³/mol. The van der Waals surface area contributed by atoms with E-state index < -0.39 is 0 Å². The predicted octanol–water partition coefficient (Wildman–Crippen LogP) is 1.82. The van der Waals surface area contributed by atoms with Crippen LogP contribution in [-0.4, -0.2) is 13.0 Å². The molecule has 0 bridgehead atoms. The quantitative estimate of drug-likeness (QED) is 0.779. The van der Waals surface area contributed by atoms with Gasteiger partial charge in [-0.2, -0.15) is 0 Å². The molecule has 1 fully saturated rings. The second-order valence-electron chi connectivity index (χ2n) is 4.61. The zero-order valence-electron chi connectivity index (χ0n) is 9.32. The largest absolute Gasteiger partial charge is 0.497 e. The number of hydrogen-bond donors (Lipinski definition) is 1. The van der Waals surface area contributed by atoms with Crippen LogP contribution in [0.1, 0.15) is 30.0 Å². The second-order valence-corrected chi connectivity index (χ2v) is 4.61. The zero-order chi connectivity index (χ0) is 11.1. The number of fused-ring (bicyclic) bond motifs is 3. The normalized spacial score (nSPS) is 26.9. The molecule has 1 aliphatic heterocycles. The number of ether oxygens (including phenoxy) is 1. The molecule has 1 aromatic carbocycles. The molecule has 0 unspecified atom stereocenters. The number of hydrogen-bond acceptors (Lipinski definition) is 2. The fraction of sp³-hybridized carbons (Fsp3) is 0.462. The van der Waals surface area contributed by atoms with E-state index in [1.807, 2.05) is 6.07 Å². The summed E-state index contributed by atoms with van der Waals surface area (Å²) in [5.41, 5.74) is 2.61. The van der Waals surface area contributed by atoms with Crippen LogP contribution in [0.25, 0.3) is 0 Å². The van der Waals surface area contributed by atoms with Crippen molar-refractivity contribution in [3.63, 3.8) is 0 Å². The minimum Gasteiger partial charge on any atom is -0.497 e. The van der Waals surface area contributed by atoms with E-state index in [2.05, 4.69) is 17.4 Å². The molecule has 0 radical (unpaired) electrons. The zero-order valence-corrected chi connectivity index (χ0v) is 9.32. The monoisotopic (exact) mass is 217 g/mol. The van der Waals surface area contributed by atoms with E-state index in [1.165, 1.54) is 11.1 Å². The van der Waals surface area contributed by atoms with Crippen LogP contribution in [0.5, 0.6) is 5.75 Å². The molecule has 0 aromatic heterocycles. The summed E-state index contributed by atoms with van der Waals surface area (Å²) in [5, 5.41) is 3.09. The van der Waals surface area contributed by atoms with Gasteiger partial charge in [0.05, 0.1) is 13.2 Å². The molecule has 1 N–H and O–H groups in total. The van der Waals surface area contributed by atoms with Crippen LogP contribution in [0.4, 0.5) is 0 Å². The van der Waals surface area contributed by atoms with Gasteiger partial charge in [-0.3, -0.25) is 4.79 Å². The van der Waals surface area contributed by atoms with Gasteiger partial charge in [-0.15, -0.1) is 0 Å². The van der Waals surface area contributed by atoms with Gasteiger partial charge in [-0.25, -0.2) is 0 Å². The Morgan fingerprint density at radius 3 is 3.12 bits per heavy atom. The van der Waals surface area contributed by atoms with Gasteiger partial charge in [0.25, 0.3) is 0 Å². The van der Waals surface area contributed by atoms with Crippen molar-refractivity contribution in [2.45, 2.75) is 25.3 Å². The number of benzene rings is 1. The first-order chi connectivity index (χ1) is 7.78. The Hall–Kier alpha value is -1.51. The fourth-order valence-electron chi connectivity index (χ4n) is 2.86. The van der Waals surface area contributed by atoms with Crippen molar-refractivity contribution in [3.8, 4) is 5.75 Å². The van der Waals surface area contributed by atoms with E-state index in [0.717, 1.165) is 18.6 Å². The van der Waals surface area contributed by atoms with Gasteiger partial charge >= 0.3 is 0 Å². The van der Waals surface area contributed by atoms with E-state index in [4.69, 9.17) is 4.74 Å². The highest BCUT2D eigenvalue weighted by atomic mass is 16.5. The van der Waals surface area contributed by atoms with Crippen LogP contribution in [0, 0.1) is 5.92 Å². The summed E-state index contributed by atoms with van der Waals surface area (Å²) >= 11 is 0. The van der Waals surface area contributed by atoms with E-state index >= 15 is 0 Å². The summed E-state index contributed by atoms with van der Waals surface area (Å²) in [7, 11) is 1.67. The first-order valence-corrected chi connectivity index (χ1v) is 5.74. The fourth-order valence-corrected chi connectivity index (χ4v) is 2.86. The third-order valence-corrected chi connectivity index (χ3v) is 3.70. The van der Waals surface area contributed by atoms with E-state index in [9.17, 15) is 4.79 Å². The van der Waals surface area contributed by atoms with Gasteiger partial charge in [0, 0.05) is 6.42 Å². The number of rotatable bonds is 1. The third-order valence-electron chi connectivity index (χ3n) is 3.70. The van der Waals surface area contributed by atoms with Crippen LogP contribution in [0.15, 0.2) is 18.2 Å². The highest BCUT2D eigenvalue weighted by Crippen LogP contribution is 2.42. The van der Waals surface area contributed by atoms with Gasteiger partial charge in [-0.1, -0.05) is 6.07 Å². The molecule has 1 heterocycles. The summed E-state index contributed by atoms with van der Waals surface area (Å²) in [6, 6.07) is 6.40. The molecule has 2 aliphatic rings. The van der Waals surface area contributed by atoms with Crippen LogP contribution < -0.4 is 10.1 Å². The maximum absolute atomic E-state index is 11.4. The Kier molecular flexibility index (Phi) is 2.13. The van der Waals surface area contributed by atoms with E-state index in [0.29, 0.717) is 12.3 Å². The minimum absolute atomic E-state index is 0.178. The first kappa shape index (κ1) is 9.70. The summed E-state index contributed by atoms with van der Waals surface area (Å²) < 4.78 is 5.23. The Labute approximate surface area is 94.8 Å². The lowest BCUT2D eigenvalue weighted by Gasteiger charge is -2.26. The van der Waals surface area contributed by atoms with Crippen LogP contribution in [-0.2, 0) is 11.2 Å². The highest BCUT2D eigenvalue weighted by Gasteiger charge is 2.36. The molecule has 1 saturated heterocycles. The van der Waals surface area contributed by atoms with Crippen molar-refractivity contribution >= 4 is 5.91 Å². The Balaban J connectivity index is 1.98. The SMILES string of the molecule is COc1ccc2c(c1)[C@H]1NC(=O)CC[C@H]1C2. The smallest absolute Gasteiger partial charge is 0.220 e. The molecule has 1 amide bonds. The van der Waals surface area contributed by atoms with E-state index in [1.54, 1.807) is 7.11 Å². The maximum atomic E-state index is 11.4. The van der Waals surface area contributed by atoms with Crippen molar-refractivity contribution in [3.05, 3.63) is 29.3 Å². The lowest BCUT2D eigenvalue weighted by molar-refractivity contribution is -0.124. The molecule has 3 rings (SSSR count). The van der Waals surface area contributed by atoms with Gasteiger partial charge in [-0.05, 0) is 42.0 Å². The van der Waals surface area contributed by atoms with Gasteiger partial charge in [0.1, 0.15) is 5.75 Å². The Bertz CT molecular complexity index is 442. The Morgan fingerprint density at radius 1 is 1.44 bits per heavy atom. The van der Waals surface area contributed by atoms with Crippen molar-refractivity contribution < 1.29 is 9.53 Å². The lowest BCUT2D eigenvalue weighted by atomic mass is 9.91. The average Bonchev–Trinajstić information content (AvgIpc) is 2.66. The molecular weight excluding hydrogens is 202 g/mol. The molecule has 0 spiro atoms. The van der Waals surface area contributed by atoms with Crippen LogP contribution >= 0.6 is 0 Å². The van der Waals surface area contributed by atoms with Crippen molar-refractivity contribution in [2.24, 2.45) is 5.92 Å². The third kappa shape index (κ3) is 1.39. The van der Waals surface area contributed by atoms with Crippen LogP contribution in [0.3, 0.4) is 0 Å². The standard InChI is InChI=1S/C13H15NO2/c1-16-10-4-2-8-6-9-3-5-12(15)14-13(9)11(8)7-10/h2,4,7,9,13H,3,5-6H2,1H3,(H,14,15)/t9-,13-/m0/s1. The number of carbonyl (C=O) groups is 1. The molecule has 2 atom stereocenters. The Morgan fingerprint density at radius 2 is 2.31 bits per heavy atom. The minimum atomic E-state index is 0.178. The summed E-state index contributed by atoms with van der Waals surface area (Å²) in [6.07, 6.45) is 2.77. The average molecular weight is 217 g/mol. The summed E-state index contributed by atoms with van der Waals surface area (Å²) in [5.74, 6) is 1.64. The van der Waals surface area contributed by atoms with Gasteiger partial charge < -0.3 is 10.1 Å².